The SMILES string of the molecule is [Cs+].[I-].[I-].[Tl+]. The van der Waals surface area contributed by atoms with Crippen molar-refractivity contribution < 1.29 is 117 Å². The number of hydrogen-bond acceptors (Lipinski definition) is 0. The molecule has 0 aromatic heterocycles. The molecule has 4 heavy (non-hydrogen) atoms. The molecule has 0 N–H and O–H groups in total. The van der Waals surface area contributed by atoms with Crippen LogP contribution in [0.2, 0.25) is 0 Å². The average Bonchev–Trinajstić information content (AvgIpc) is 0. The Morgan fingerprint density at radius 1 is 0.750 bits per heavy atom. The minimum atomic E-state index is 0. The van der Waals surface area contributed by atoms with Gasteiger partial charge in [0.2, 0.25) is 0 Å². The van der Waals surface area contributed by atoms with Gasteiger partial charge in [-0.05, 0) is 0 Å². The van der Waals surface area contributed by atoms with Gasteiger partial charge < -0.3 is 48.0 Å². The Morgan fingerprint density at radius 2 is 0.750 bits per heavy atom. The quantitative estimate of drug-likeness (QED) is 0.194. The van der Waals surface area contributed by atoms with Crippen molar-refractivity contribution in [3.05, 3.63) is 0 Å². The second kappa shape index (κ2) is 15.7. The predicted octanol–water partition coefficient (Wildman–Crippen LogP) is -9.37. The molecule has 0 atom stereocenters. The molecule has 0 heterocycles. The molecule has 0 aliphatic rings. The molecule has 0 unspecified atom stereocenters. The fourth-order valence-corrected chi connectivity index (χ4v) is 0. The third kappa shape index (κ3) is 9.66. The Bertz CT molecular complexity index is 6.00. The number of halogens is 2. The first-order chi connectivity index (χ1) is 0. The van der Waals surface area contributed by atoms with Crippen molar-refractivity contribution in [3.8, 4) is 0 Å². The minimum Gasteiger partial charge on any atom is -1.00 e. The van der Waals surface area contributed by atoms with Crippen molar-refractivity contribution in [1.29, 1.82) is 0 Å². The van der Waals surface area contributed by atoms with E-state index in [-0.39, 0.29) is 144 Å². The maximum absolute atomic E-state index is 0. The molecule has 0 radical (unpaired) electrons. The maximum atomic E-state index is 0. The summed E-state index contributed by atoms with van der Waals surface area (Å²) in [6.07, 6.45) is 0. The summed E-state index contributed by atoms with van der Waals surface area (Å²) in [7, 11) is 0. The third-order valence-corrected chi connectivity index (χ3v) is 0. The van der Waals surface area contributed by atoms with Crippen LogP contribution in [0.1, 0.15) is 0 Å². The summed E-state index contributed by atoms with van der Waals surface area (Å²) in [6, 6.07) is 0. The van der Waals surface area contributed by atoms with Crippen LogP contribution in [-0.4, -0.2) is 27.3 Å². The summed E-state index contributed by atoms with van der Waals surface area (Å²) in [5, 5.41) is 0. The van der Waals surface area contributed by atoms with Crippen molar-refractivity contribution in [2.45, 2.75) is 0 Å². The Morgan fingerprint density at radius 3 is 0.750 bits per heavy atom. The Hall–Kier alpha value is 4.43. The molecule has 0 aliphatic carbocycles. The van der Waals surface area contributed by atoms with Crippen LogP contribution < -0.4 is 117 Å². The first kappa shape index (κ1) is 23.7. The number of hydrogen-bond donors (Lipinski definition) is 0. The summed E-state index contributed by atoms with van der Waals surface area (Å²) in [4.78, 5) is 0. The van der Waals surface area contributed by atoms with E-state index in [2.05, 4.69) is 0 Å². The van der Waals surface area contributed by atoms with E-state index in [9.17, 15) is 0 Å². The van der Waals surface area contributed by atoms with Crippen molar-refractivity contribution in [1.82, 2.24) is 0 Å². The molecule has 0 aliphatic heterocycles. The van der Waals surface area contributed by atoms with Gasteiger partial charge >= 0.3 is 96.2 Å². The molecule has 0 spiro atoms. The van der Waals surface area contributed by atoms with E-state index in [4.69, 9.17) is 0 Å². The van der Waals surface area contributed by atoms with E-state index in [1.54, 1.807) is 0 Å². The Kier molecular flexibility index (Phi) is 92.8. The smallest absolute Gasteiger partial charge is 1.00 e. The molecular formula is CsI2Tl. The van der Waals surface area contributed by atoms with Crippen LogP contribution in [0.15, 0.2) is 0 Å². The molecular weight excluding hydrogens is 591 g/mol. The zero-order valence-electron chi connectivity index (χ0n) is 2.33. The van der Waals surface area contributed by atoms with Crippen LogP contribution in [0.25, 0.3) is 0 Å². The number of rotatable bonds is 0. The molecule has 0 rings (SSSR count). The van der Waals surface area contributed by atoms with Gasteiger partial charge in [0.15, 0.2) is 0 Å². The van der Waals surface area contributed by atoms with Gasteiger partial charge in [-0.2, -0.15) is 0 Å². The Labute approximate surface area is 139 Å². The zero-order chi connectivity index (χ0) is 0. The normalized spacial score (nSPS) is 0. The summed E-state index contributed by atoms with van der Waals surface area (Å²) < 4.78 is 0. The Balaban J connectivity index is 0. The molecule has 4 heteroatoms. The van der Waals surface area contributed by atoms with Gasteiger partial charge in [-0.15, -0.1) is 0 Å². The minimum absolute atomic E-state index is 0. The first-order valence-corrected chi connectivity index (χ1v) is 0. The first-order valence-electron chi connectivity index (χ1n) is 0. The van der Waals surface area contributed by atoms with E-state index < -0.39 is 0 Å². The topological polar surface area (TPSA) is 0 Å². The molecule has 0 aromatic carbocycles. The monoisotopic (exact) mass is 592 g/mol. The second-order valence-corrected chi connectivity index (χ2v) is 0. The van der Waals surface area contributed by atoms with Crippen LogP contribution in [-0.2, 0) is 0 Å². The van der Waals surface area contributed by atoms with Crippen molar-refractivity contribution in [2.75, 3.05) is 0 Å². The van der Waals surface area contributed by atoms with Crippen LogP contribution in [0, 0.1) is 0 Å². The standard InChI is InChI=1S/Cs.2HI.Tl/h;2*1H;/q+1;;;+1/p-2. The van der Waals surface area contributed by atoms with Crippen molar-refractivity contribution >= 4 is 27.3 Å². The van der Waals surface area contributed by atoms with E-state index in [1.807, 2.05) is 0 Å². The van der Waals surface area contributed by atoms with E-state index in [0.717, 1.165) is 0 Å². The molecule has 0 nitrogen and oxygen atoms in total. The van der Waals surface area contributed by atoms with E-state index in [0.29, 0.717) is 0 Å². The van der Waals surface area contributed by atoms with Crippen LogP contribution >= 0.6 is 0 Å². The summed E-state index contributed by atoms with van der Waals surface area (Å²) in [5.41, 5.74) is 0. The fraction of sp³-hybridized carbons (Fsp3) is 0. The van der Waals surface area contributed by atoms with Gasteiger partial charge in [0.05, 0.1) is 0 Å². The van der Waals surface area contributed by atoms with Gasteiger partial charge in [-0.1, -0.05) is 0 Å². The molecule has 0 saturated carbocycles. The summed E-state index contributed by atoms with van der Waals surface area (Å²) in [5.74, 6) is 0. The van der Waals surface area contributed by atoms with Gasteiger partial charge in [-0.3, -0.25) is 0 Å². The second-order valence-electron chi connectivity index (χ2n) is 0. The third-order valence-electron chi connectivity index (χ3n) is 0. The van der Waals surface area contributed by atoms with Crippen LogP contribution in [0.4, 0.5) is 0 Å². The largest absolute Gasteiger partial charge is 1.00 e. The van der Waals surface area contributed by atoms with Gasteiger partial charge in [0.25, 0.3) is 0 Å². The molecule has 0 bridgehead atoms. The van der Waals surface area contributed by atoms with Gasteiger partial charge in [0, 0.05) is 0 Å². The van der Waals surface area contributed by atoms with Crippen LogP contribution in [0.3, 0.4) is 0 Å². The van der Waals surface area contributed by atoms with Crippen molar-refractivity contribution in [3.63, 3.8) is 0 Å². The molecule has 0 aromatic rings. The average molecular weight is 591 g/mol. The molecule has 0 amide bonds. The molecule has 18 valence electrons. The van der Waals surface area contributed by atoms with E-state index in [1.165, 1.54) is 0 Å². The van der Waals surface area contributed by atoms with Crippen molar-refractivity contribution in [2.24, 2.45) is 0 Å². The fourth-order valence-electron chi connectivity index (χ4n) is 0. The molecule has 0 saturated heterocycles. The van der Waals surface area contributed by atoms with Gasteiger partial charge in [-0.25, -0.2) is 0 Å². The predicted molar refractivity (Wildman–Crippen MR) is 5.75 cm³/mol. The van der Waals surface area contributed by atoms with E-state index >= 15 is 0 Å². The summed E-state index contributed by atoms with van der Waals surface area (Å²) in [6.45, 7) is 0. The van der Waals surface area contributed by atoms with Crippen LogP contribution in [0.5, 0.6) is 0 Å². The summed E-state index contributed by atoms with van der Waals surface area (Å²) >= 11 is 0. The molecule has 0 fully saturated rings. The maximum Gasteiger partial charge on any atom is 1.00 e. The zero-order valence-corrected chi connectivity index (χ0v) is 17.4. The van der Waals surface area contributed by atoms with Gasteiger partial charge in [0.1, 0.15) is 0 Å².